The van der Waals surface area contributed by atoms with Crippen LogP contribution < -0.4 is 0 Å². The summed E-state index contributed by atoms with van der Waals surface area (Å²) >= 11 is 0. The smallest absolute Gasteiger partial charge is 0.141 e. The number of hydrogen-bond acceptors (Lipinski definition) is 1. The Morgan fingerprint density at radius 2 is 0.982 bits per heavy atom. The lowest BCUT2D eigenvalue weighted by molar-refractivity contribution is 0.796. The fourth-order valence-corrected chi connectivity index (χ4v) is 9.29. The Bertz CT molecular complexity index is 3350. The normalized spacial score (nSPS) is 11.8. The summed E-state index contributed by atoms with van der Waals surface area (Å²) in [5.41, 5.74) is 12.1. The van der Waals surface area contributed by atoms with Crippen molar-refractivity contribution in [2.45, 2.75) is 20.4 Å². The minimum Gasteiger partial charge on any atom is -0.324 e. The SMILES string of the molecule is CCn1c(-c2ccc(-c3ccc(-c4ccc5c(ccc6cccc(-c7cccc8ccc9cccc(C)c9c78)c65)c4)c4ccccc34)cc2)nc2ccccc21. The highest BCUT2D eigenvalue weighted by atomic mass is 15.1. The number of rotatable bonds is 5. The number of para-hydroxylation sites is 2. The highest BCUT2D eigenvalue weighted by Crippen LogP contribution is 2.43. The van der Waals surface area contributed by atoms with E-state index in [9.17, 15) is 0 Å². The van der Waals surface area contributed by atoms with Crippen LogP contribution in [0.3, 0.4) is 0 Å². The maximum Gasteiger partial charge on any atom is 0.141 e. The van der Waals surface area contributed by atoms with E-state index in [1.807, 2.05) is 0 Å². The molecule has 2 heteroatoms. The van der Waals surface area contributed by atoms with Crippen LogP contribution >= 0.6 is 0 Å². The fraction of sp³-hybridized carbons (Fsp3) is 0.0556. The molecule has 0 bridgehead atoms. The zero-order chi connectivity index (χ0) is 37.3. The molecular weight excluding hydrogens is 677 g/mol. The van der Waals surface area contributed by atoms with Crippen LogP contribution in [0.5, 0.6) is 0 Å². The molecule has 0 amide bonds. The topological polar surface area (TPSA) is 17.8 Å². The van der Waals surface area contributed by atoms with Gasteiger partial charge in [0, 0.05) is 12.1 Å². The van der Waals surface area contributed by atoms with Gasteiger partial charge in [-0.05, 0) is 125 Å². The van der Waals surface area contributed by atoms with E-state index < -0.39 is 0 Å². The highest BCUT2D eigenvalue weighted by molar-refractivity contribution is 6.22. The number of aryl methyl sites for hydroxylation is 2. The summed E-state index contributed by atoms with van der Waals surface area (Å²) in [5, 5.41) is 12.8. The second kappa shape index (κ2) is 12.8. The third-order valence-corrected chi connectivity index (χ3v) is 11.9. The third kappa shape index (κ3) is 4.99. The van der Waals surface area contributed by atoms with Gasteiger partial charge in [0.1, 0.15) is 5.82 Å². The van der Waals surface area contributed by atoms with Crippen molar-refractivity contribution in [1.82, 2.24) is 9.55 Å². The lowest BCUT2D eigenvalue weighted by Gasteiger charge is -2.16. The van der Waals surface area contributed by atoms with Crippen LogP contribution in [0.25, 0.3) is 110 Å². The molecule has 0 spiro atoms. The molecule has 0 saturated carbocycles. The highest BCUT2D eigenvalue weighted by Gasteiger charge is 2.16. The summed E-state index contributed by atoms with van der Waals surface area (Å²) in [5.74, 6) is 1.01. The van der Waals surface area contributed by atoms with E-state index in [1.54, 1.807) is 0 Å². The van der Waals surface area contributed by atoms with E-state index in [2.05, 4.69) is 200 Å². The molecule has 1 aromatic heterocycles. The van der Waals surface area contributed by atoms with Crippen molar-refractivity contribution in [3.05, 3.63) is 188 Å². The van der Waals surface area contributed by atoms with Crippen molar-refractivity contribution < 1.29 is 0 Å². The zero-order valence-electron chi connectivity index (χ0n) is 31.4. The minimum absolute atomic E-state index is 0.872. The fourth-order valence-electron chi connectivity index (χ4n) is 9.29. The minimum atomic E-state index is 0.872. The van der Waals surface area contributed by atoms with Crippen molar-refractivity contribution >= 4 is 64.9 Å². The van der Waals surface area contributed by atoms with Gasteiger partial charge in [-0.2, -0.15) is 0 Å². The summed E-state index contributed by atoms with van der Waals surface area (Å²) in [6.45, 7) is 5.29. The van der Waals surface area contributed by atoms with Gasteiger partial charge in [0.15, 0.2) is 0 Å². The Balaban J connectivity index is 1.03. The molecule has 0 aliphatic rings. The van der Waals surface area contributed by atoms with Crippen LogP contribution in [-0.4, -0.2) is 9.55 Å². The standard InChI is InChI=1S/C54H38N2/c1-3-56-50-20-7-6-19-49(50)55-54(56)39-26-21-35(22-27-39)42-31-32-43(46-16-5-4-15-45(42)46)40-29-30-44-41(33-40)28-25-37-13-9-17-47(52(37)44)48-18-10-14-38-24-23-36-12-8-11-34(2)51(36)53(38)48/h4-33H,3H2,1-2H3. The number of hydrogen-bond donors (Lipinski definition) is 0. The second-order valence-corrected chi connectivity index (χ2v) is 15.0. The Kier molecular flexibility index (Phi) is 7.40. The van der Waals surface area contributed by atoms with Gasteiger partial charge in [-0.15, -0.1) is 0 Å². The molecule has 0 aliphatic carbocycles. The molecule has 0 fully saturated rings. The van der Waals surface area contributed by atoms with Gasteiger partial charge in [0.2, 0.25) is 0 Å². The summed E-state index contributed by atoms with van der Waals surface area (Å²) < 4.78 is 2.30. The van der Waals surface area contributed by atoms with E-state index in [0.29, 0.717) is 0 Å². The molecule has 0 atom stereocenters. The quantitative estimate of drug-likeness (QED) is 0.162. The number of fused-ring (bicyclic) bond motifs is 8. The van der Waals surface area contributed by atoms with Crippen LogP contribution in [0.4, 0.5) is 0 Å². The lowest BCUT2D eigenvalue weighted by Crippen LogP contribution is -1.97. The predicted molar refractivity (Wildman–Crippen MR) is 239 cm³/mol. The van der Waals surface area contributed by atoms with Crippen molar-refractivity contribution in [3.8, 4) is 44.8 Å². The number of imidazole rings is 1. The van der Waals surface area contributed by atoms with Gasteiger partial charge < -0.3 is 4.57 Å². The van der Waals surface area contributed by atoms with Crippen molar-refractivity contribution in [2.75, 3.05) is 0 Å². The van der Waals surface area contributed by atoms with Crippen molar-refractivity contribution in [3.63, 3.8) is 0 Å². The second-order valence-electron chi connectivity index (χ2n) is 15.0. The van der Waals surface area contributed by atoms with Crippen LogP contribution in [0.1, 0.15) is 12.5 Å². The molecule has 0 unspecified atom stereocenters. The largest absolute Gasteiger partial charge is 0.324 e. The van der Waals surface area contributed by atoms with Crippen molar-refractivity contribution in [2.24, 2.45) is 0 Å². The van der Waals surface area contributed by atoms with Crippen molar-refractivity contribution in [1.29, 1.82) is 0 Å². The zero-order valence-corrected chi connectivity index (χ0v) is 31.4. The van der Waals surface area contributed by atoms with Gasteiger partial charge in [-0.3, -0.25) is 0 Å². The predicted octanol–water partition coefficient (Wildman–Crippen LogP) is 14.8. The van der Waals surface area contributed by atoms with Crippen LogP contribution in [0.2, 0.25) is 0 Å². The molecule has 11 aromatic rings. The van der Waals surface area contributed by atoms with Crippen LogP contribution in [-0.2, 0) is 6.54 Å². The maximum atomic E-state index is 5.00. The lowest BCUT2D eigenvalue weighted by atomic mass is 9.87. The summed E-state index contributed by atoms with van der Waals surface area (Å²) in [7, 11) is 0. The van der Waals surface area contributed by atoms with Gasteiger partial charge in [-0.25, -0.2) is 4.98 Å². The monoisotopic (exact) mass is 714 g/mol. The summed E-state index contributed by atoms with van der Waals surface area (Å²) in [6, 6.07) is 67.0. The van der Waals surface area contributed by atoms with Gasteiger partial charge >= 0.3 is 0 Å². The van der Waals surface area contributed by atoms with E-state index >= 15 is 0 Å². The summed E-state index contributed by atoms with van der Waals surface area (Å²) in [6.07, 6.45) is 0. The first-order valence-electron chi connectivity index (χ1n) is 19.6. The molecule has 2 nitrogen and oxygen atoms in total. The molecule has 10 aromatic carbocycles. The molecule has 0 aliphatic heterocycles. The maximum absolute atomic E-state index is 5.00. The first-order chi connectivity index (χ1) is 27.6. The van der Waals surface area contributed by atoms with E-state index in [4.69, 9.17) is 4.98 Å². The Morgan fingerprint density at radius 3 is 1.71 bits per heavy atom. The van der Waals surface area contributed by atoms with E-state index in [1.165, 1.54) is 98.3 Å². The third-order valence-electron chi connectivity index (χ3n) is 11.9. The molecule has 0 saturated heterocycles. The number of aromatic nitrogens is 2. The number of benzene rings is 10. The van der Waals surface area contributed by atoms with Gasteiger partial charge in [-0.1, -0.05) is 164 Å². The average molecular weight is 715 g/mol. The van der Waals surface area contributed by atoms with Gasteiger partial charge in [0.25, 0.3) is 0 Å². The van der Waals surface area contributed by atoms with Crippen LogP contribution in [0, 0.1) is 6.92 Å². The average Bonchev–Trinajstić information content (AvgIpc) is 3.64. The number of nitrogens with zero attached hydrogens (tertiary/aromatic N) is 2. The molecule has 11 rings (SSSR count). The van der Waals surface area contributed by atoms with Gasteiger partial charge in [0.05, 0.1) is 11.0 Å². The molecule has 56 heavy (non-hydrogen) atoms. The molecular formula is C54H38N2. The Morgan fingerprint density at radius 1 is 0.411 bits per heavy atom. The summed E-state index contributed by atoms with van der Waals surface area (Å²) in [4.78, 5) is 5.00. The molecule has 0 radical (unpaired) electrons. The molecule has 1 heterocycles. The first kappa shape index (κ1) is 32.4. The molecule has 264 valence electrons. The van der Waals surface area contributed by atoms with Crippen LogP contribution in [0.15, 0.2) is 182 Å². The Labute approximate surface area is 325 Å². The van der Waals surface area contributed by atoms with E-state index in [-0.39, 0.29) is 0 Å². The Hall–Kier alpha value is -7.03. The molecule has 0 N–H and O–H groups in total. The van der Waals surface area contributed by atoms with E-state index in [0.717, 1.165) is 23.4 Å². The first-order valence-corrected chi connectivity index (χ1v) is 19.6.